The van der Waals surface area contributed by atoms with Crippen molar-refractivity contribution in [3.05, 3.63) is 0 Å². The molecule has 0 amide bonds. The third-order valence-corrected chi connectivity index (χ3v) is 2.18. The Labute approximate surface area is 73.0 Å². The Hall–Kier alpha value is -0.570. The molecule has 1 aliphatic rings. The zero-order valence-electron chi connectivity index (χ0n) is 7.71. The lowest BCUT2D eigenvalue weighted by atomic mass is 10.1. The van der Waals surface area contributed by atoms with E-state index >= 15 is 0 Å². The average Bonchev–Trinajstić information content (AvgIpc) is 2.00. The molecule has 1 fully saturated rings. The van der Waals surface area contributed by atoms with Crippen LogP contribution in [0.3, 0.4) is 0 Å². The predicted molar refractivity (Wildman–Crippen MR) is 44.7 cm³/mol. The van der Waals surface area contributed by atoms with Gasteiger partial charge in [0.1, 0.15) is 0 Å². The number of carbonyl (C=O) groups excluding carboxylic acids is 1. The van der Waals surface area contributed by atoms with Gasteiger partial charge in [-0.15, -0.1) is 0 Å². The van der Waals surface area contributed by atoms with E-state index in [1.165, 1.54) is 0 Å². The number of esters is 1. The molecule has 0 aromatic rings. The molecule has 12 heavy (non-hydrogen) atoms. The summed E-state index contributed by atoms with van der Waals surface area (Å²) >= 11 is 0. The summed E-state index contributed by atoms with van der Waals surface area (Å²) in [6.07, 6.45) is 0.847. The topological polar surface area (TPSA) is 35.5 Å². The first kappa shape index (κ1) is 9.52. The highest BCUT2D eigenvalue weighted by molar-refractivity contribution is 5.71. The van der Waals surface area contributed by atoms with E-state index in [0.29, 0.717) is 12.5 Å². The van der Waals surface area contributed by atoms with Gasteiger partial charge in [-0.05, 0) is 6.42 Å². The fourth-order valence-corrected chi connectivity index (χ4v) is 0.890. The van der Waals surface area contributed by atoms with Crippen LogP contribution in [0.2, 0.25) is 0 Å². The quantitative estimate of drug-likeness (QED) is 0.598. The number of hydrogen-bond donors (Lipinski definition) is 0. The van der Waals surface area contributed by atoms with E-state index < -0.39 is 0 Å². The standard InChI is InChI=1S/C9H16O3/c1-3-7(2)9(10)12-6-8-4-11-5-8/h7-8H,3-6H2,1-2H3. The van der Waals surface area contributed by atoms with Gasteiger partial charge in [-0.25, -0.2) is 0 Å². The van der Waals surface area contributed by atoms with Crippen LogP contribution in [0.4, 0.5) is 0 Å². The molecule has 0 N–H and O–H groups in total. The summed E-state index contributed by atoms with van der Waals surface area (Å²) in [6, 6.07) is 0. The summed E-state index contributed by atoms with van der Waals surface area (Å²) in [6.45, 7) is 5.89. The summed E-state index contributed by atoms with van der Waals surface area (Å²) < 4.78 is 10.0. The van der Waals surface area contributed by atoms with E-state index in [9.17, 15) is 4.79 Å². The van der Waals surface area contributed by atoms with Crippen LogP contribution in [0.1, 0.15) is 20.3 Å². The summed E-state index contributed by atoms with van der Waals surface area (Å²) in [5, 5.41) is 0. The highest BCUT2D eigenvalue weighted by Crippen LogP contribution is 2.11. The second-order valence-corrected chi connectivity index (χ2v) is 3.34. The number of rotatable bonds is 4. The summed E-state index contributed by atoms with van der Waals surface area (Å²) in [5.74, 6) is 0.397. The van der Waals surface area contributed by atoms with Gasteiger partial charge in [0.2, 0.25) is 0 Å². The average molecular weight is 172 g/mol. The maximum absolute atomic E-state index is 11.2. The van der Waals surface area contributed by atoms with Gasteiger partial charge in [0.15, 0.2) is 0 Å². The minimum Gasteiger partial charge on any atom is -0.465 e. The third kappa shape index (κ3) is 2.48. The van der Waals surface area contributed by atoms with E-state index in [2.05, 4.69) is 0 Å². The van der Waals surface area contributed by atoms with Crippen molar-refractivity contribution in [1.29, 1.82) is 0 Å². The van der Waals surface area contributed by atoms with Crippen LogP contribution in [0, 0.1) is 11.8 Å². The van der Waals surface area contributed by atoms with Crippen LogP contribution >= 0.6 is 0 Å². The normalized spacial score (nSPS) is 19.8. The predicted octanol–water partition coefficient (Wildman–Crippen LogP) is 1.22. The van der Waals surface area contributed by atoms with Crippen LogP contribution in [0.5, 0.6) is 0 Å². The van der Waals surface area contributed by atoms with Gasteiger partial charge in [0, 0.05) is 5.92 Å². The molecule has 0 aliphatic carbocycles. The molecule has 1 atom stereocenters. The van der Waals surface area contributed by atoms with Crippen LogP contribution in [0.25, 0.3) is 0 Å². The molecule has 3 heteroatoms. The molecule has 0 bridgehead atoms. The maximum atomic E-state index is 11.2. The first-order chi connectivity index (χ1) is 5.74. The van der Waals surface area contributed by atoms with E-state index in [1.54, 1.807) is 0 Å². The summed E-state index contributed by atoms with van der Waals surface area (Å²) in [4.78, 5) is 11.2. The second-order valence-electron chi connectivity index (χ2n) is 3.34. The van der Waals surface area contributed by atoms with Crippen LogP contribution in [-0.2, 0) is 14.3 Å². The molecular formula is C9H16O3. The highest BCUT2D eigenvalue weighted by Gasteiger charge is 2.21. The largest absolute Gasteiger partial charge is 0.465 e. The Kier molecular flexibility index (Phi) is 3.53. The molecule has 1 heterocycles. The van der Waals surface area contributed by atoms with Crippen LogP contribution in [-0.4, -0.2) is 25.8 Å². The fraction of sp³-hybridized carbons (Fsp3) is 0.889. The smallest absolute Gasteiger partial charge is 0.308 e. The molecule has 70 valence electrons. The third-order valence-electron chi connectivity index (χ3n) is 2.18. The fourth-order valence-electron chi connectivity index (χ4n) is 0.890. The lowest BCUT2D eigenvalue weighted by Crippen LogP contribution is -2.33. The van der Waals surface area contributed by atoms with Crippen molar-refractivity contribution in [1.82, 2.24) is 0 Å². The van der Waals surface area contributed by atoms with Gasteiger partial charge < -0.3 is 9.47 Å². The van der Waals surface area contributed by atoms with Crippen molar-refractivity contribution in [2.24, 2.45) is 11.8 Å². The number of carbonyl (C=O) groups is 1. The number of hydrogen-bond acceptors (Lipinski definition) is 3. The Balaban J connectivity index is 2.08. The Morgan fingerprint density at radius 1 is 1.67 bits per heavy atom. The van der Waals surface area contributed by atoms with Crippen molar-refractivity contribution >= 4 is 5.97 Å². The molecule has 1 saturated heterocycles. The molecule has 0 saturated carbocycles. The van der Waals surface area contributed by atoms with E-state index in [0.717, 1.165) is 19.6 Å². The minimum absolute atomic E-state index is 0.0333. The van der Waals surface area contributed by atoms with Gasteiger partial charge in [0.25, 0.3) is 0 Å². The molecule has 0 spiro atoms. The molecule has 1 rings (SSSR count). The molecule has 0 aromatic heterocycles. The first-order valence-electron chi connectivity index (χ1n) is 4.48. The van der Waals surface area contributed by atoms with E-state index in [4.69, 9.17) is 9.47 Å². The van der Waals surface area contributed by atoms with Crippen molar-refractivity contribution in [3.63, 3.8) is 0 Å². The van der Waals surface area contributed by atoms with Gasteiger partial charge in [-0.3, -0.25) is 4.79 Å². The van der Waals surface area contributed by atoms with Crippen LogP contribution < -0.4 is 0 Å². The molecule has 1 unspecified atom stereocenters. The Morgan fingerprint density at radius 2 is 2.33 bits per heavy atom. The molecule has 3 nitrogen and oxygen atoms in total. The number of ether oxygens (including phenoxy) is 2. The maximum Gasteiger partial charge on any atom is 0.308 e. The van der Waals surface area contributed by atoms with Crippen molar-refractivity contribution in [2.45, 2.75) is 20.3 Å². The Bertz CT molecular complexity index is 152. The van der Waals surface area contributed by atoms with Crippen molar-refractivity contribution in [3.8, 4) is 0 Å². The first-order valence-corrected chi connectivity index (χ1v) is 4.48. The van der Waals surface area contributed by atoms with Gasteiger partial charge in [-0.1, -0.05) is 13.8 Å². The van der Waals surface area contributed by atoms with Gasteiger partial charge in [-0.2, -0.15) is 0 Å². The summed E-state index contributed by atoms with van der Waals surface area (Å²) in [5.41, 5.74) is 0. The van der Waals surface area contributed by atoms with Crippen LogP contribution in [0.15, 0.2) is 0 Å². The lowest BCUT2D eigenvalue weighted by molar-refractivity contribution is -0.154. The van der Waals surface area contributed by atoms with E-state index in [-0.39, 0.29) is 11.9 Å². The Morgan fingerprint density at radius 3 is 2.75 bits per heavy atom. The molecule has 0 aromatic carbocycles. The van der Waals surface area contributed by atoms with Gasteiger partial charge in [0.05, 0.1) is 25.7 Å². The van der Waals surface area contributed by atoms with E-state index in [1.807, 2.05) is 13.8 Å². The SMILES string of the molecule is CCC(C)C(=O)OCC1COC1. The highest BCUT2D eigenvalue weighted by atomic mass is 16.5. The molecule has 0 radical (unpaired) electrons. The zero-order chi connectivity index (χ0) is 8.97. The lowest BCUT2D eigenvalue weighted by Gasteiger charge is -2.25. The summed E-state index contributed by atoms with van der Waals surface area (Å²) in [7, 11) is 0. The minimum atomic E-state index is -0.0793. The van der Waals surface area contributed by atoms with Crippen molar-refractivity contribution in [2.75, 3.05) is 19.8 Å². The second kappa shape index (κ2) is 4.45. The molecular weight excluding hydrogens is 156 g/mol. The molecule has 1 aliphatic heterocycles. The van der Waals surface area contributed by atoms with Crippen molar-refractivity contribution < 1.29 is 14.3 Å². The monoisotopic (exact) mass is 172 g/mol. The van der Waals surface area contributed by atoms with Gasteiger partial charge >= 0.3 is 5.97 Å². The zero-order valence-corrected chi connectivity index (χ0v) is 7.71.